The molecule has 1 heterocycles. The summed E-state index contributed by atoms with van der Waals surface area (Å²) in [5, 5.41) is 5.92. The third kappa shape index (κ3) is 3.72. The summed E-state index contributed by atoms with van der Waals surface area (Å²) < 4.78 is 5.55. The van der Waals surface area contributed by atoms with Crippen molar-refractivity contribution in [3.05, 3.63) is 53.2 Å². The SMILES string of the molecule is O=C(CCl)N[C@@H]1c2ccccc2C[C@H]1NC(=O)c1coc(C2CCCC2)n1. The fourth-order valence-electron chi connectivity index (χ4n) is 4.11. The summed E-state index contributed by atoms with van der Waals surface area (Å²) in [6.07, 6.45) is 6.55. The Kier molecular flexibility index (Phi) is 5.16. The molecular formula is C20H22ClN3O3. The lowest BCUT2D eigenvalue weighted by Gasteiger charge is -2.22. The Morgan fingerprint density at radius 2 is 1.96 bits per heavy atom. The lowest BCUT2D eigenvalue weighted by molar-refractivity contribution is -0.119. The average molecular weight is 388 g/mol. The van der Waals surface area contributed by atoms with Crippen molar-refractivity contribution in [2.45, 2.75) is 50.1 Å². The van der Waals surface area contributed by atoms with E-state index < -0.39 is 0 Å². The molecule has 0 radical (unpaired) electrons. The van der Waals surface area contributed by atoms with Crippen molar-refractivity contribution in [2.75, 3.05) is 5.88 Å². The smallest absolute Gasteiger partial charge is 0.273 e. The Bertz CT molecular complexity index is 845. The summed E-state index contributed by atoms with van der Waals surface area (Å²) >= 11 is 5.65. The van der Waals surface area contributed by atoms with Crippen LogP contribution in [0.2, 0.25) is 0 Å². The van der Waals surface area contributed by atoms with Gasteiger partial charge in [-0.2, -0.15) is 0 Å². The molecule has 0 unspecified atom stereocenters. The molecule has 2 aliphatic rings. The highest BCUT2D eigenvalue weighted by molar-refractivity contribution is 6.27. The number of carbonyl (C=O) groups is 2. The quantitative estimate of drug-likeness (QED) is 0.772. The van der Waals surface area contributed by atoms with Crippen LogP contribution in [0.1, 0.15) is 65.1 Å². The lowest BCUT2D eigenvalue weighted by atomic mass is 10.1. The Morgan fingerprint density at radius 3 is 2.74 bits per heavy atom. The average Bonchev–Trinajstić information content (AvgIpc) is 3.42. The van der Waals surface area contributed by atoms with Crippen LogP contribution in [0, 0.1) is 0 Å². The van der Waals surface area contributed by atoms with Gasteiger partial charge in [0.2, 0.25) is 5.91 Å². The number of nitrogens with one attached hydrogen (secondary N) is 2. The number of oxazole rings is 1. The Hall–Kier alpha value is -2.34. The number of nitrogens with zero attached hydrogens (tertiary/aromatic N) is 1. The highest BCUT2D eigenvalue weighted by Gasteiger charge is 2.35. The molecule has 27 heavy (non-hydrogen) atoms. The van der Waals surface area contributed by atoms with Gasteiger partial charge in [-0.3, -0.25) is 9.59 Å². The van der Waals surface area contributed by atoms with Crippen molar-refractivity contribution < 1.29 is 14.0 Å². The van der Waals surface area contributed by atoms with Gasteiger partial charge in [-0.15, -0.1) is 11.6 Å². The molecule has 2 amide bonds. The zero-order valence-corrected chi connectivity index (χ0v) is 15.7. The zero-order valence-electron chi connectivity index (χ0n) is 14.9. The first-order chi connectivity index (χ1) is 13.2. The zero-order chi connectivity index (χ0) is 18.8. The Labute approximate surface area is 162 Å². The van der Waals surface area contributed by atoms with Crippen LogP contribution < -0.4 is 10.6 Å². The monoisotopic (exact) mass is 387 g/mol. The van der Waals surface area contributed by atoms with Gasteiger partial charge in [0.15, 0.2) is 11.6 Å². The molecule has 2 atom stereocenters. The van der Waals surface area contributed by atoms with Gasteiger partial charge >= 0.3 is 0 Å². The lowest BCUT2D eigenvalue weighted by Crippen LogP contribution is -2.44. The highest BCUT2D eigenvalue weighted by Crippen LogP contribution is 2.34. The number of halogens is 1. The van der Waals surface area contributed by atoms with E-state index in [4.69, 9.17) is 16.0 Å². The largest absolute Gasteiger partial charge is 0.448 e. The third-order valence-electron chi connectivity index (χ3n) is 5.45. The molecule has 1 saturated carbocycles. The van der Waals surface area contributed by atoms with E-state index in [0.717, 1.165) is 24.0 Å². The molecule has 2 aromatic rings. The van der Waals surface area contributed by atoms with Gasteiger partial charge in [0.05, 0.1) is 12.1 Å². The minimum Gasteiger partial charge on any atom is -0.448 e. The fraction of sp³-hybridized carbons (Fsp3) is 0.450. The first kappa shape index (κ1) is 18.0. The molecule has 4 rings (SSSR count). The van der Waals surface area contributed by atoms with Crippen LogP contribution in [0.4, 0.5) is 0 Å². The van der Waals surface area contributed by atoms with E-state index in [2.05, 4.69) is 15.6 Å². The standard InChI is InChI=1S/C20H22ClN3O3/c21-10-17(25)24-18-14-8-4-3-7-13(14)9-15(18)22-19(26)16-11-27-20(23-16)12-5-1-2-6-12/h3-4,7-8,11-12,15,18H,1-2,5-6,9-10H2,(H,22,26)(H,24,25)/t15-,18-/m1/s1. The second-order valence-electron chi connectivity index (χ2n) is 7.21. The summed E-state index contributed by atoms with van der Waals surface area (Å²) in [5.41, 5.74) is 2.40. The molecule has 0 saturated heterocycles. The maximum absolute atomic E-state index is 12.7. The van der Waals surface area contributed by atoms with Gasteiger partial charge in [0.25, 0.3) is 5.91 Å². The summed E-state index contributed by atoms with van der Waals surface area (Å²) in [4.78, 5) is 29.0. The Balaban J connectivity index is 1.49. The molecule has 1 fully saturated rings. The molecule has 1 aromatic heterocycles. The second-order valence-corrected chi connectivity index (χ2v) is 7.48. The van der Waals surface area contributed by atoms with Crippen LogP contribution in [0.3, 0.4) is 0 Å². The number of amides is 2. The molecule has 7 heteroatoms. The van der Waals surface area contributed by atoms with Crippen molar-refractivity contribution in [1.29, 1.82) is 0 Å². The maximum Gasteiger partial charge on any atom is 0.273 e. The van der Waals surface area contributed by atoms with Crippen molar-refractivity contribution >= 4 is 23.4 Å². The molecule has 0 bridgehead atoms. The molecule has 142 valence electrons. The van der Waals surface area contributed by atoms with Crippen LogP contribution in [-0.4, -0.2) is 28.7 Å². The van der Waals surface area contributed by atoms with E-state index in [9.17, 15) is 9.59 Å². The van der Waals surface area contributed by atoms with E-state index in [1.54, 1.807) is 0 Å². The molecule has 0 aliphatic heterocycles. The van der Waals surface area contributed by atoms with Crippen molar-refractivity contribution in [1.82, 2.24) is 15.6 Å². The van der Waals surface area contributed by atoms with Gasteiger partial charge in [-0.25, -0.2) is 4.98 Å². The first-order valence-electron chi connectivity index (χ1n) is 9.35. The fourth-order valence-corrected chi connectivity index (χ4v) is 4.19. The van der Waals surface area contributed by atoms with Crippen LogP contribution in [0.5, 0.6) is 0 Å². The van der Waals surface area contributed by atoms with Crippen LogP contribution in [0.15, 0.2) is 34.9 Å². The summed E-state index contributed by atoms with van der Waals surface area (Å²) in [5.74, 6) is 0.304. The van der Waals surface area contributed by atoms with Crippen molar-refractivity contribution in [3.63, 3.8) is 0 Å². The first-order valence-corrected chi connectivity index (χ1v) is 9.88. The predicted octanol–water partition coefficient (Wildman–Crippen LogP) is 3.08. The summed E-state index contributed by atoms with van der Waals surface area (Å²) in [6.45, 7) is 0. The Morgan fingerprint density at radius 1 is 1.19 bits per heavy atom. The molecular weight excluding hydrogens is 366 g/mol. The molecule has 2 aliphatic carbocycles. The van der Waals surface area contributed by atoms with Crippen LogP contribution >= 0.6 is 11.6 Å². The molecule has 0 spiro atoms. The van der Waals surface area contributed by atoms with Crippen LogP contribution in [-0.2, 0) is 11.2 Å². The number of aromatic nitrogens is 1. The molecule has 6 nitrogen and oxygen atoms in total. The molecule has 2 N–H and O–H groups in total. The van der Waals surface area contributed by atoms with E-state index in [1.165, 1.54) is 19.1 Å². The predicted molar refractivity (Wildman–Crippen MR) is 101 cm³/mol. The van der Waals surface area contributed by atoms with Gasteiger partial charge in [0, 0.05) is 5.92 Å². The number of hydrogen-bond donors (Lipinski definition) is 2. The van der Waals surface area contributed by atoms with Gasteiger partial charge < -0.3 is 15.1 Å². The van der Waals surface area contributed by atoms with E-state index in [-0.39, 0.29) is 35.5 Å². The summed E-state index contributed by atoms with van der Waals surface area (Å²) in [7, 11) is 0. The minimum atomic E-state index is -0.308. The number of benzene rings is 1. The van der Waals surface area contributed by atoms with Crippen LogP contribution in [0.25, 0.3) is 0 Å². The number of fused-ring (bicyclic) bond motifs is 1. The maximum atomic E-state index is 12.7. The van der Waals surface area contributed by atoms with E-state index >= 15 is 0 Å². The van der Waals surface area contributed by atoms with E-state index in [0.29, 0.717) is 18.2 Å². The summed E-state index contributed by atoms with van der Waals surface area (Å²) in [6, 6.07) is 7.29. The van der Waals surface area contributed by atoms with Crippen molar-refractivity contribution in [3.8, 4) is 0 Å². The molecule has 1 aromatic carbocycles. The number of carbonyl (C=O) groups excluding carboxylic acids is 2. The second kappa shape index (κ2) is 7.72. The normalized spacial score (nSPS) is 21.8. The van der Waals surface area contributed by atoms with Gasteiger partial charge in [-0.1, -0.05) is 37.1 Å². The number of rotatable bonds is 5. The highest BCUT2D eigenvalue weighted by atomic mass is 35.5. The minimum absolute atomic E-state index is 0.118. The topological polar surface area (TPSA) is 84.2 Å². The number of alkyl halides is 1. The van der Waals surface area contributed by atoms with E-state index in [1.807, 2.05) is 24.3 Å². The third-order valence-corrected chi connectivity index (χ3v) is 5.69. The van der Waals surface area contributed by atoms with Gasteiger partial charge in [-0.05, 0) is 30.4 Å². The van der Waals surface area contributed by atoms with Gasteiger partial charge in [0.1, 0.15) is 12.1 Å². The number of hydrogen-bond acceptors (Lipinski definition) is 4. The van der Waals surface area contributed by atoms with Crippen molar-refractivity contribution in [2.24, 2.45) is 0 Å².